The van der Waals surface area contributed by atoms with Crippen molar-refractivity contribution in [2.45, 2.75) is 44.1 Å². The summed E-state index contributed by atoms with van der Waals surface area (Å²) in [6.07, 6.45) is 2.55. The van der Waals surface area contributed by atoms with Crippen LogP contribution in [0.5, 0.6) is 5.75 Å². The van der Waals surface area contributed by atoms with Crippen LogP contribution in [-0.2, 0) is 25.2 Å². The summed E-state index contributed by atoms with van der Waals surface area (Å²) in [5.74, 6) is 0.605. The van der Waals surface area contributed by atoms with Crippen LogP contribution in [0.25, 0.3) is 0 Å². The molecule has 3 heterocycles. The second kappa shape index (κ2) is 12.3. The normalized spacial score (nSPS) is 18.7. The number of ether oxygens (including phenoxy) is 2. The predicted octanol–water partition coefficient (Wildman–Crippen LogP) is 1.85. The van der Waals surface area contributed by atoms with E-state index >= 15 is 0 Å². The first kappa shape index (κ1) is 29.4. The second-order valence-corrected chi connectivity index (χ2v) is 12.3. The maximum absolute atomic E-state index is 13.5. The first-order valence-electron chi connectivity index (χ1n) is 13.4. The SMILES string of the molecule is COc1cc(C)c(S(=O)(=O)N2CCN(CCOCC(=O)N3CCC(O)(c4ccccn4)CC3)CC2)c(C)c1C. The fraction of sp³-hybridized carbons (Fsp3) is 0.571. The molecule has 2 fully saturated rings. The van der Waals surface area contributed by atoms with Crippen molar-refractivity contribution in [3.05, 3.63) is 52.8 Å². The predicted molar refractivity (Wildman–Crippen MR) is 147 cm³/mol. The number of aliphatic hydroxyl groups is 1. The first-order chi connectivity index (χ1) is 18.6. The van der Waals surface area contributed by atoms with Gasteiger partial charge in [0.2, 0.25) is 15.9 Å². The average molecular weight is 561 g/mol. The van der Waals surface area contributed by atoms with E-state index in [0.29, 0.717) is 87.2 Å². The zero-order chi connectivity index (χ0) is 28.2. The Labute approximate surface area is 231 Å². The molecule has 1 aromatic heterocycles. The van der Waals surface area contributed by atoms with Crippen LogP contribution in [0, 0.1) is 20.8 Å². The molecule has 2 saturated heterocycles. The zero-order valence-electron chi connectivity index (χ0n) is 23.4. The minimum absolute atomic E-state index is 0.00820. The number of sulfonamides is 1. The number of pyridine rings is 1. The summed E-state index contributed by atoms with van der Waals surface area (Å²) in [4.78, 5) is 21.1. The Balaban J connectivity index is 1.20. The van der Waals surface area contributed by atoms with Crippen molar-refractivity contribution < 1.29 is 27.8 Å². The van der Waals surface area contributed by atoms with Gasteiger partial charge in [-0.15, -0.1) is 0 Å². The highest BCUT2D eigenvalue weighted by molar-refractivity contribution is 7.89. The minimum atomic E-state index is -3.62. The van der Waals surface area contributed by atoms with E-state index < -0.39 is 15.6 Å². The molecule has 1 aromatic carbocycles. The van der Waals surface area contributed by atoms with Crippen molar-refractivity contribution in [2.24, 2.45) is 0 Å². The number of methoxy groups -OCH3 is 1. The lowest BCUT2D eigenvalue weighted by Crippen LogP contribution is -2.49. The Morgan fingerprint density at radius 3 is 2.36 bits per heavy atom. The molecule has 2 aromatic rings. The molecule has 0 spiro atoms. The van der Waals surface area contributed by atoms with Crippen LogP contribution in [0.1, 0.15) is 35.2 Å². The number of carbonyl (C=O) groups excluding carboxylic acids is 1. The number of carbonyl (C=O) groups is 1. The molecule has 0 bridgehead atoms. The topological polar surface area (TPSA) is 113 Å². The van der Waals surface area contributed by atoms with Crippen LogP contribution >= 0.6 is 0 Å². The number of aryl methyl sites for hydroxylation is 1. The molecule has 0 saturated carbocycles. The zero-order valence-corrected chi connectivity index (χ0v) is 24.2. The maximum atomic E-state index is 13.5. The Hall–Kier alpha value is -2.57. The van der Waals surface area contributed by atoms with E-state index in [1.165, 1.54) is 0 Å². The lowest BCUT2D eigenvalue weighted by Gasteiger charge is -2.37. The molecule has 10 nitrogen and oxygen atoms in total. The molecule has 1 N–H and O–H groups in total. The van der Waals surface area contributed by atoms with Gasteiger partial charge in [-0.2, -0.15) is 4.31 Å². The van der Waals surface area contributed by atoms with Gasteiger partial charge in [0.15, 0.2) is 0 Å². The quantitative estimate of drug-likeness (QED) is 0.463. The Bertz CT molecular complexity index is 1250. The number of piperazine rings is 1. The third-order valence-corrected chi connectivity index (χ3v) is 10.2. The summed E-state index contributed by atoms with van der Waals surface area (Å²) in [5.41, 5.74) is 1.89. The molecule has 2 aliphatic rings. The van der Waals surface area contributed by atoms with E-state index in [9.17, 15) is 18.3 Å². The highest BCUT2D eigenvalue weighted by Gasteiger charge is 2.36. The molecule has 0 aliphatic carbocycles. The number of hydrogen-bond acceptors (Lipinski definition) is 8. The lowest BCUT2D eigenvalue weighted by atomic mass is 9.88. The van der Waals surface area contributed by atoms with E-state index in [1.807, 2.05) is 32.0 Å². The summed E-state index contributed by atoms with van der Waals surface area (Å²) in [7, 11) is -2.03. The minimum Gasteiger partial charge on any atom is -0.496 e. The van der Waals surface area contributed by atoms with Gasteiger partial charge >= 0.3 is 0 Å². The third kappa shape index (κ3) is 6.44. The van der Waals surface area contributed by atoms with Crippen molar-refractivity contribution in [1.82, 2.24) is 19.1 Å². The van der Waals surface area contributed by atoms with Crippen LogP contribution in [0.2, 0.25) is 0 Å². The Kier molecular flexibility index (Phi) is 9.28. The summed E-state index contributed by atoms with van der Waals surface area (Å²) in [6, 6.07) is 7.27. The van der Waals surface area contributed by atoms with Gasteiger partial charge < -0.3 is 19.5 Å². The van der Waals surface area contributed by atoms with Crippen molar-refractivity contribution in [3.63, 3.8) is 0 Å². The first-order valence-corrected chi connectivity index (χ1v) is 14.9. The summed E-state index contributed by atoms with van der Waals surface area (Å²) < 4.78 is 39.6. The number of piperidine rings is 1. The van der Waals surface area contributed by atoms with E-state index in [-0.39, 0.29) is 12.5 Å². The Morgan fingerprint density at radius 1 is 1.05 bits per heavy atom. The van der Waals surface area contributed by atoms with Gasteiger partial charge in [-0.25, -0.2) is 8.42 Å². The summed E-state index contributed by atoms with van der Waals surface area (Å²) >= 11 is 0. The van der Waals surface area contributed by atoms with Gasteiger partial charge in [-0.3, -0.25) is 14.7 Å². The number of benzene rings is 1. The molecule has 2 aliphatic heterocycles. The molecule has 0 atom stereocenters. The molecule has 11 heteroatoms. The van der Waals surface area contributed by atoms with Crippen molar-refractivity contribution >= 4 is 15.9 Å². The van der Waals surface area contributed by atoms with Crippen LogP contribution in [-0.4, -0.2) is 105 Å². The molecule has 39 heavy (non-hydrogen) atoms. The summed E-state index contributed by atoms with van der Waals surface area (Å²) in [6.45, 7) is 9.43. The van der Waals surface area contributed by atoms with Crippen LogP contribution < -0.4 is 4.74 Å². The van der Waals surface area contributed by atoms with Crippen molar-refractivity contribution in [1.29, 1.82) is 0 Å². The van der Waals surface area contributed by atoms with E-state index in [1.54, 1.807) is 35.5 Å². The number of nitrogens with zero attached hydrogens (tertiary/aromatic N) is 4. The fourth-order valence-corrected chi connectivity index (χ4v) is 7.33. The van der Waals surface area contributed by atoms with Gasteiger partial charge in [0.05, 0.1) is 24.3 Å². The van der Waals surface area contributed by atoms with Gasteiger partial charge in [-0.1, -0.05) is 6.07 Å². The number of amides is 1. The maximum Gasteiger partial charge on any atom is 0.248 e. The monoisotopic (exact) mass is 560 g/mol. The number of rotatable bonds is 9. The third-order valence-electron chi connectivity index (χ3n) is 7.99. The molecule has 0 radical (unpaired) electrons. The number of likely N-dealkylation sites (tertiary alicyclic amines) is 1. The van der Waals surface area contributed by atoms with Gasteiger partial charge in [0, 0.05) is 52.0 Å². The van der Waals surface area contributed by atoms with E-state index in [4.69, 9.17) is 9.47 Å². The Morgan fingerprint density at radius 2 is 1.74 bits per heavy atom. The van der Waals surface area contributed by atoms with Crippen molar-refractivity contribution in [2.75, 3.05) is 66.1 Å². The highest BCUT2D eigenvalue weighted by Crippen LogP contribution is 2.33. The van der Waals surface area contributed by atoms with Gasteiger partial charge in [0.25, 0.3) is 0 Å². The second-order valence-electron chi connectivity index (χ2n) is 10.4. The number of aromatic nitrogens is 1. The average Bonchev–Trinajstić information content (AvgIpc) is 2.94. The molecule has 0 unspecified atom stereocenters. The molecular weight excluding hydrogens is 520 g/mol. The smallest absolute Gasteiger partial charge is 0.248 e. The largest absolute Gasteiger partial charge is 0.496 e. The summed E-state index contributed by atoms with van der Waals surface area (Å²) in [5, 5.41) is 10.9. The fourth-order valence-electron chi connectivity index (χ4n) is 5.42. The molecule has 1 amide bonds. The van der Waals surface area contributed by atoms with Crippen LogP contribution in [0.3, 0.4) is 0 Å². The molecule has 4 rings (SSSR count). The molecular formula is C28H40N4O6S. The van der Waals surface area contributed by atoms with Gasteiger partial charge in [-0.05, 0) is 68.5 Å². The van der Waals surface area contributed by atoms with E-state index in [0.717, 1.165) is 11.1 Å². The highest BCUT2D eigenvalue weighted by atomic mass is 32.2. The van der Waals surface area contributed by atoms with Gasteiger partial charge in [0.1, 0.15) is 18.0 Å². The molecule has 214 valence electrons. The van der Waals surface area contributed by atoms with E-state index in [2.05, 4.69) is 9.88 Å². The van der Waals surface area contributed by atoms with Crippen LogP contribution in [0.4, 0.5) is 0 Å². The standard InChI is InChI=1S/C28H40N4O6S/c1-21-19-24(37-4)22(2)23(3)27(21)39(35,36)32-15-13-30(14-16-32)17-18-38-20-26(33)31-11-8-28(34,9-12-31)25-7-5-6-10-29-25/h5-7,10,19,34H,8-9,11-18,20H2,1-4H3. The van der Waals surface area contributed by atoms with Crippen LogP contribution in [0.15, 0.2) is 35.4 Å². The lowest BCUT2D eigenvalue weighted by molar-refractivity contribution is -0.141. The van der Waals surface area contributed by atoms with Crippen molar-refractivity contribution in [3.8, 4) is 5.75 Å². The number of hydrogen-bond donors (Lipinski definition) is 1.